The van der Waals surface area contributed by atoms with Crippen molar-refractivity contribution in [3.05, 3.63) is 72.6 Å². The van der Waals surface area contributed by atoms with Crippen LogP contribution in [0.3, 0.4) is 0 Å². The summed E-state index contributed by atoms with van der Waals surface area (Å²) in [6.45, 7) is 1.42. The molecule has 2 heterocycles. The maximum absolute atomic E-state index is 11.1. The van der Waals surface area contributed by atoms with Crippen LogP contribution in [-0.2, 0) is 22.5 Å². The van der Waals surface area contributed by atoms with E-state index < -0.39 is 12.1 Å². The van der Waals surface area contributed by atoms with Gasteiger partial charge in [0.1, 0.15) is 5.75 Å². The van der Waals surface area contributed by atoms with Crippen molar-refractivity contribution < 1.29 is 19.4 Å². The van der Waals surface area contributed by atoms with E-state index in [4.69, 9.17) is 14.6 Å². The average Bonchev–Trinajstić information content (AvgIpc) is 3.09. The summed E-state index contributed by atoms with van der Waals surface area (Å²) >= 11 is 0. The first kappa shape index (κ1) is 19.9. The third-order valence-corrected chi connectivity index (χ3v) is 5.28. The number of carbonyl (C=O) groups is 1. The van der Waals surface area contributed by atoms with Crippen LogP contribution in [0.25, 0.3) is 21.8 Å². The van der Waals surface area contributed by atoms with Crippen LogP contribution < -0.4 is 4.74 Å². The minimum absolute atomic E-state index is 0.327. The van der Waals surface area contributed by atoms with Crippen molar-refractivity contribution in [1.29, 1.82) is 0 Å². The summed E-state index contributed by atoms with van der Waals surface area (Å²) < 4.78 is 13.2. The van der Waals surface area contributed by atoms with Crippen molar-refractivity contribution in [2.24, 2.45) is 0 Å². The third-order valence-electron chi connectivity index (χ3n) is 5.28. The zero-order valence-corrected chi connectivity index (χ0v) is 16.8. The molecule has 6 heteroatoms. The highest BCUT2D eigenvalue weighted by Gasteiger charge is 2.16. The van der Waals surface area contributed by atoms with Gasteiger partial charge in [-0.1, -0.05) is 30.3 Å². The van der Waals surface area contributed by atoms with Crippen molar-refractivity contribution in [1.82, 2.24) is 9.55 Å². The average molecular weight is 404 g/mol. The van der Waals surface area contributed by atoms with E-state index in [2.05, 4.69) is 39.9 Å². The molecule has 6 nitrogen and oxygen atoms in total. The van der Waals surface area contributed by atoms with Gasteiger partial charge in [-0.15, -0.1) is 0 Å². The Hall–Kier alpha value is -3.38. The van der Waals surface area contributed by atoms with Gasteiger partial charge in [-0.2, -0.15) is 0 Å². The molecule has 0 saturated carbocycles. The summed E-state index contributed by atoms with van der Waals surface area (Å²) in [6.07, 6.45) is 4.09. The predicted molar refractivity (Wildman–Crippen MR) is 116 cm³/mol. The number of carboxylic acid groups (broad SMARTS) is 1. The smallest absolute Gasteiger partial charge is 0.333 e. The number of aromatic nitrogens is 2. The number of aliphatic carboxylic acids is 1. The van der Waals surface area contributed by atoms with Crippen molar-refractivity contribution in [2.45, 2.75) is 25.5 Å². The van der Waals surface area contributed by atoms with E-state index in [1.807, 2.05) is 36.7 Å². The molecular weight excluding hydrogens is 380 g/mol. The molecule has 1 N–H and O–H groups in total. The van der Waals surface area contributed by atoms with Gasteiger partial charge in [0.15, 0.2) is 6.10 Å². The zero-order chi connectivity index (χ0) is 20.9. The SMILES string of the molecule is CO[C@@H](Cc1ccc(OCCCn2c3ccccc3c3ccncc32)cc1)C(=O)O. The Bertz CT molecular complexity index is 1100. The van der Waals surface area contributed by atoms with Gasteiger partial charge < -0.3 is 19.1 Å². The molecule has 30 heavy (non-hydrogen) atoms. The third kappa shape index (κ3) is 4.14. The first-order valence-electron chi connectivity index (χ1n) is 9.95. The molecule has 0 aliphatic rings. The Balaban J connectivity index is 1.37. The van der Waals surface area contributed by atoms with E-state index in [1.54, 1.807) is 0 Å². The molecule has 4 rings (SSSR count). The first-order valence-corrected chi connectivity index (χ1v) is 9.95. The molecule has 0 aliphatic heterocycles. The second-order valence-corrected chi connectivity index (χ2v) is 7.17. The van der Waals surface area contributed by atoms with Gasteiger partial charge in [0.25, 0.3) is 0 Å². The molecular formula is C24H24N2O4. The molecule has 0 bridgehead atoms. The minimum atomic E-state index is -0.960. The molecule has 0 aliphatic carbocycles. The number of rotatable bonds is 9. The van der Waals surface area contributed by atoms with Crippen LogP contribution in [0.5, 0.6) is 5.75 Å². The van der Waals surface area contributed by atoms with E-state index >= 15 is 0 Å². The molecule has 2 aromatic heterocycles. The molecule has 0 unspecified atom stereocenters. The fourth-order valence-electron chi connectivity index (χ4n) is 3.76. The van der Waals surface area contributed by atoms with Crippen molar-refractivity contribution in [3.8, 4) is 5.75 Å². The Morgan fingerprint density at radius 3 is 2.60 bits per heavy atom. The van der Waals surface area contributed by atoms with Crippen LogP contribution in [0.2, 0.25) is 0 Å². The molecule has 2 aromatic carbocycles. The number of fused-ring (bicyclic) bond motifs is 3. The van der Waals surface area contributed by atoms with Crippen molar-refractivity contribution in [2.75, 3.05) is 13.7 Å². The number of nitrogens with zero attached hydrogens (tertiary/aromatic N) is 2. The van der Waals surface area contributed by atoms with Crippen LogP contribution in [0.1, 0.15) is 12.0 Å². The summed E-state index contributed by atoms with van der Waals surface area (Å²) in [4.78, 5) is 15.4. The Labute approximate surface area is 174 Å². The van der Waals surface area contributed by atoms with Gasteiger partial charge in [-0.3, -0.25) is 4.98 Å². The number of hydrogen-bond acceptors (Lipinski definition) is 4. The quantitative estimate of drug-likeness (QED) is 0.421. The van der Waals surface area contributed by atoms with E-state index in [0.717, 1.165) is 29.8 Å². The highest BCUT2D eigenvalue weighted by atomic mass is 16.5. The Kier molecular flexibility index (Phi) is 5.95. The maximum Gasteiger partial charge on any atom is 0.333 e. The van der Waals surface area contributed by atoms with E-state index in [-0.39, 0.29) is 0 Å². The largest absolute Gasteiger partial charge is 0.494 e. The number of hydrogen-bond donors (Lipinski definition) is 1. The number of pyridine rings is 1. The van der Waals surface area contributed by atoms with Crippen molar-refractivity contribution in [3.63, 3.8) is 0 Å². The van der Waals surface area contributed by atoms with Gasteiger partial charge >= 0.3 is 5.97 Å². The number of ether oxygens (including phenoxy) is 2. The number of para-hydroxylation sites is 1. The monoisotopic (exact) mass is 404 g/mol. The van der Waals surface area contributed by atoms with Gasteiger partial charge in [0.2, 0.25) is 0 Å². The second-order valence-electron chi connectivity index (χ2n) is 7.17. The predicted octanol–water partition coefficient (Wildman–Crippen LogP) is 4.30. The number of aryl methyl sites for hydroxylation is 1. The topological polar surface area (TPSA) is 73.6 Å². The molecule has 0 amide bonds. The van der Waals surface area contributed by atoms with E-state index in [0.29, 0.717) is 13.0 Å². The maximum atomic E-state index is 11.1. The Morgan fingerprint density at radius 2 is 1.83 bits per heavy atom. The fourth-order valence-corrected chi connectivity index (χ4v) is 3.76. The normalized spacial score (nSPS) is 12.3. The van der Waals surface area contributed by atoms with E-state index in [1.165, 1.54) is 23.4 Å². The molecule has 154 valence electrons. The summed E-state index contributed by atoms with van der Waals surface area (Å²) in [7, 11) is 1.41. The molecule has 0 radical (unpaired) electrons. The number of benzene rings is 2. The lowest BCUT2D eigenvalue weighted by Crippen LogP contribution is -2.24. The van der Waals surface area contributed by atoms with Crippen LogP contribution in [0.15, 0.2) is 67.0 Å². The lowest BCUT2D eigenvalue weighted by molar-refractivity contribution is -0.148. The van der Waals surface area contributed by atoms with E-state index in [9.17, 15) is 4.79 Å². The summed E-state index contributed by atoms with van der Waals surface area (Å²) in [5.41, 5.74) is 3.24. The number of methoxy groups -OCH3 is 1. The van der Waals surface area contributed by atoms with Crippen LogP contribution >= 0.6 is 0 Å². The lowest BCUT2D eigenvalue weighted by atomic mass is 10.1. The fraction of sp³-hybridized carbons (Fsp3) is 0.250. The van der Waals surface area contributed by atoms with Crippen molar-refractivity contribution >= 4 is 27.8 Å². The molecule has 1 atom stereocenters. The summed E-state index contributed by atoms with van der Waals surface area (Å²) in [6, 6.07) is 18.0. The molecule has 4 aromatic rings. The van der Waals surface area contributed by atoms with Gasteiger partial charge in [0.05, 0.1) is 18.3 Å². The second kappa shape index (κ2) is 8.97. The van der Waals surface area contributed by atoms with Gasteiger partial charge in [0, 0.05) is 42.6 Å². The minimum Gasteiger partial charge on any atom is -0.494 e. The highest BCUT2D eigenvalue weighted by molar-refractivity contribution is 6.07. The van der Waals surface area contributed by atoms with Crippen LogP contribution in [0, 0.1) is 0 Å². The van der Waals surface area contributed by atoms with Gasteiger partial charge in [-0.05, 0) is 36.2 Å². The molecule has 0 fully saturated rings. The summed E-state index contributed by atoms with van der Waals surface area (Å²) in [5.74, 6) is -0.190. The van der Waals surface area contributed by atoms with Crippen LogP contribution in [-0.4, -0.2) is 40.4 Å². The number of carboxylic acids is 1. The highest BCUT2D eigenvalue weighted by Crippen LogP contribution is 2.28. The molecule has 0 saturated heterocycles. The summed E-state index contributed by atoms with van der Waals surface area (Å²) in [5, 5.41) is 11.5. The zero-order valence-electron chi connectivity index (χ0n) is 16.8. The molecule has 0 spiro atoms. The lowest BCUT2D eigenvalue weighted by Gasteiger charge is -2.12. The Morgan fingerprint density at radius 1 is 1.07 bits per heavy atom. The van der Waals surface area contributed by atoms with Crippen LogP contribution in [0.4, 0.5) is 0 Å². The first-order chi connectivity index (χ1) is 14.7. The van der Waals surface area contributed by atoms with Gasteiger partial charge in [-0.25, -0.2) is 4.79 Å². The standard InChI is InChI=1S/C24H24N2O4/c1-29-23(24(27)28)15-17-7-9-18(10-8-17)30-14-4-13-26-21-6-3-2-5-19(21)20-11-12-25-16-22(20)26/h2-3,5-12,16,23H,4,13-15H2,1H3,(H,27,28)/t23-/m0/s1.